The van der Waals surface area contributed by atoms with Crippen molar-refractivity contribution in [2.75, 3.05) is 26.4 Å². The van der Waals surface area contributed by atoms with Crippen LogP contribution in [0.4, 0.5) is 0 Å². The lowest BCUT2D eigenvalue weighted by Crippen LogP contribution is -2.38. The number of aliphatic hydroxyl groups is 7. The molecule has 0 aliphatic carbocycles. The van der Waals surface area contributed by atoms with Gasteiger partial charge in [-0.25, -0.2) is 0 Å². The first-order valence-corrected chi connectivity index (χ1v) is 7.41. The van der Waals surface area contributed by atoms with Crippen molar-refractivity contribution in [3.05, 3.63) is 23.8 Å². The van der Waals surface area contributed by atoms with Gasteiger partial charge in [0.25, 0.3) is 0 Å². The summed E-state index contributed by atoms with van der Waals surface area (Å²) in [5.74, 6) is 0. The van der Waals surface area contributed by atoms with Gasteiger partial charge < -0.3 is 40.5 Å². The van der Waals surface area contributed by atoms with E-state index in [1.807, 2.05) is 0 Å². The Balaban J connectivity index is 2.69. The van der Waals surface area contributed by atoms with Crippen LogP contribution in [-0.2, 0) is 11.2 Å². The monoisotopic (exact) mass is 348 g/mol. The van der Waals surface area contributed by atoms with Gasteiger partial charge in [0.1, 0.15) is 24.4 Å². The maximum Gasteiger partial charge on any atom is 0.126 e. The second-order valence-electron chi connectivity index (χ2n) is 5.20. The van der Waals surface area contributed by atoms with Gasteiger partial charge >= 0.3 is 0 Å². The van der Waals surface area contributed by atoms with Crippen molar-refractivity contribution in [1.29, 1.82) is 0 Å². The molecule has 0 bridgehead atoms. The van der Waals surface area contributed by atoms with E-state index >= 15 is 0 Å². The van der Waals surface area contributed by atoms with E-state index in [0.29, 0.717) is 5.69 Å². The van der Waals surface area contributed by atoms with Crippen molar-refractivity contribution < 1.29 is 40.5 Å². The van der Waals surface area contributed by atoms with E-state index < -0.39 is 43.7 Å². The maximum atomic E-state index is 10.1. The van der Waals surface area contributed by atoms with Gasteiger partial charge in [0.2, 0.25) is 0 Å². The summed E-state index contributed by atoms with van der Waals surface area (Å²) in [6, 6.07) is 0. The SMILES string of the molecule is OCCO[C@H](CO)[C@@H](O)[C@H](O)c1cnc(C[C@H](O)[C@H](O)CO)cn1. The van der Waals surface area contributed by atoms with Gasteiger partial charge in [-0.2, -0.15) is 0 Å². The molecule has 0 aliphatic heterocycles. The second-order valence-corrected chi connectivity index (χ2v) is 5.20. The molecule has 0 amide bonds. The zero-order chi connectivity index (χ0) is 18.1. The van der Waals surface area contributed by atoms with E-state index in [9.17, 15) is 20.4 Å². The summed E-state index contributed by atoms with van der Waals surface area (Å²) >= 11 is 0. The number of aromatic nitrogens is 2. The molecule has 10 heteroatoms. The smallest absolute Gasteiger partial charge is 0.126 e. The molecule has 0 saturated carbocycles. The Morgan fingerprint density at radius 3 is 2.12 bits per heavy atom. The Morgan fingerprint density at radius 1 is 0.917 bits per heavy atom. The lowest BCUT2D eigenvalue weighted by Gasteiger charge is -2.25. The molecule has 1 aromatic heterocycles. The number of ether oxygens (including phenoxy) is 1. The highest BCUT2D eigenvalue weighted by Crippen LogP contribution is 2.18. The van der Waals surface area contributed by atoms with E-state index in [1.54, 1.807) is 0 Å². The van der Waals surface area contributed by atoms with E-state index in [0.717, 1.165) is 0 Å². The van der Waals surface area contributed by atoms with Crippen LogP contribution in [0.2, 0.25) is 0 Å². The van der Waals surface area contributed by atoms with E-state index in [4.69, 9.17) is 20.1 Å². The molecule has 138 valence electrons. The third-order valence-electron chi connectivity index (χ3n) is 3.39. The standard InChI is InChI=1S/C14H24N2O8/c17-1-2-24-12(7-19)14(23)13(22)9-5-15-8(4-16-9)3-10(20)11(21)6-18/h4-5,10-14,17-23H,1-3,6-7H2/t10-,11+,12+,13+,14+/m0/s1. The van der Waals surface area contributed by atoms with Gasteiger partial charge in [0.05, 0.1) is 50.1 Å². The average Bonchev–Trinajstić information content (AvgIpc) is 2.61. The highest BCUT2D eigenvalue weighted by molar-refractivity contribution is 5.08. The number of hydrogen-bond donors (Lipinski definition) is 7. The summed E-state index contributed by atoms with van der Waals surface area (Å²) < 4.78 is 5.02. The first kappa shape index (κ1) is 20.8. The van der Waals surface area contributed by atoms with Crippen LogP contribution in [-0.4, -0.2) is 96.6 Å². The number of hydrogen-bond acceptors (Lipinski definition) is 10. The topological polar surface area (TPSA) is 177 Å². The molecule has 1 heterocycles. The minimum atomic E-state index is -1.48. The van der Waals surface area contributed by atoms with Gasteiger partial charge in [-0.1, -0.05) is 0 Å². The fourth-order valence-electron chi connectivity index (χ4n) is 1.94. The van der Waals surface area contributed by atoms with Crippen molar-refractivity contribution in [3.8, 4) is 0 Å². The maximum absolute atomic E-state index is 10.1. The minimum absolute atomic E-state index is 0.0227. The Bertz CT molecular complexity index is 461. The largest absolute Gasteiger partial charge is 0.394 e. The fourth-order valence-corrected chi connectivity index (χ4v) is 1.94. The zero-order valence-electron chi connectivity index (χ0n) is 13.0. The first-order valence-electron chi connectivity index (χ1n) is 7.41. The highest BCUT2D eigenvalue weighted by Gasteiger charge is 2.29. The number of rotatable bonds is 11. The lowest BCUT2D eigenvalue weighted by molar-refractivity contribution is -0.113. The third-order valence-corrected chi connectivity index (χ3v) is 3.39. The molecular weight excluding hydrogens is 324 g/mol. The first-order chi connectivity index (χ1) is 11.4. The van der Waals surface area contributed by atoms with Crippen molar-refractivity contribution in [3.63, 3.8) is 0 Å². The predicted molar refractivity (Wildman–Crippen MR) is 79.7 cm³/mol. The van der Waals surface area contributed by atoms with Crippen LogP contribution in [0.25, 0.3) is 0 Å². The van der Waals surface area contributed by atoms with E-state index in [-0.39, 0.29) is 25.3 Å². The minimum Gasteiger partial charge on any atom is -0.394 e. The van der Waals surface area contributed by atoms with Crippen molar-refractivity contribution in [2.45, 2.75) is 36.9 Å². The molecule has 1 rings (SSSR count). The van der Waals surface area contributed by atoms with Crippen LogP contribution in [0.3, 0.4) is 0 Å². The van der Waals surface area contributed by atoms with E-state index in [2.05, 4.69) is 9.97 Å². The Kier molecular flexibility index (Phi) is 9.18. The number of nitrogens with zero attached hydrogens (tertiary/aromatic N) is 2. The molecule has 0 fully saturated rings. The molecule has 5 atom stereocenters. The molecule has 0 aromatic carbocycles. The quantitative estimate of drug-likeness (QED) is 0.212. The van der Waals surface area contributed by atoms with Crippen LogP contribution in [0.1, 0.15) is 17.5 Å². The fraction of sp³-hybridized carbons (Fsp3) is 0.714. The second kappa shape index (κ2) is 10.6. The molecule has 7 N–H and O–H groups in total. The van der Waals surface area contributed by atoms with Gasteiger partial charge in [0.15, 0.2) is 0 Å². The molecule has 0 unspecified atom stereocenters. The molecule has 0 aliphatic rings. The third kappa shape index (κ3) is 6.00. The van der Waals surface area contributed by atoms with E-state index in [1.165, 1.54) is 12.4 Å². The van der Waals surface area contributed by atoms with Crippen LogP contribution in [0, 0.1) is 0 Å². The summed E-state index contributed by atoms with van der Waals surface area (Å²) in [7, 11) is 0. The molecule has 0 radical (unpaired) electrons. The molecule has 1 aromatic rings. The van der Waals surface area contributed by atoms with Crippen LogP contribution in [0.15, 0.2) is 12.4 Å². The Morgan fingerprint density at radius 2 is 1.62 bits per heavy atom. The van der Waals surface area contributed by atoms with Crippen LogP contribution in [0.5, 0.6) is 0 Å². The summed E-state index contributed by atoms with van der Waals surface area (Å²) in [6.07, 6.45) is -4.19. The predicted octanol–water partition coefficient (Wildman–Crippen LogP) is -3.50. The lowest BCUT2D eigenvalue weighted by atomic mass is 10.1. The van der Waals surface area contributed by atoms with Crippen LogP contribution < -0.4 is 0 Å². The molecule has 0 saturated heterocycles. The molecular formula is C14H24N2O8. The summed E-state index contributed by atoms with van der Waals surface area (Å²) in [6.45, 7) is -1.55. The van der Waals surface area contributed by atoms with Crippen molar-refractivity contribution in [2.24, 2.45) is 0 Å². The van der Waals surface area contributed by atoms with Crippen molar-refractivity contribution in [1.82, 2.24) is 9.97 Å². The highest BCUT2D eigenvalue weighted by atomic mass is 16.5. The molecule has 0 spiro atoms. The summed E-state index contributed by atoms with van der Waals surface area (Å²) in [5.41, 5.74) is 0.338. The Labute approximate surface area is 138 Å². The van der Waals surface area contributed by atoms with Gasteiger partial charge in [-0.3, -0.25) is 9.97 Å². The zero-order valence-corrected chi connectivity index (χ0v) is 13.0. The number of aliphatic hydroxyl groups excluding tert-OH is 7. The average molecular weight is 348 g/mol. The summed E-state index contributed by atoms with van der Waals surface area (Å²) in [5, 5.41) is 65.5. The van der Waals surface area contributed by atoms with Crippen molar-refractivity contribution >= 4 is 0 Å². The van der Waals surface area contributed by atoms with Gasteiger partial charge in [0, 0.05) is 12.6 Å². The Hall–Kier alpha value is -1.24. The van der Waals surface area contributed by atoms with Crippen LogP contribution >= 0.6 is 0 Å². The summed E-state index contributed by atoms with van der Waals surface area (Å²) in [4.78, 5) is 7.88. The van der Waals surface area contributed by atoms with Gasteiger partial charge in [-0.15, -0.1) is 0 Å². The normalized spacial score (nSPS) is 18.0. The van der Waals surface area contributed by atoms with Gasteiger partial charge in [-0.05, 0) is 0 Å². The molecule has 10 nitrogen and oxygen atoms in total. The molecule has 24 heavy (non-hydrogen) atoms.